The molecule has 0 spiro atoms. The van der Waals surface area contributed by atoms with Crippen LogP contribution in [0, 0.1) is 0 Å². The monoisotopic (exact) mass is 319 g/mol. The fourth-order valence-corrected chi connectivity index (χ4v) is 1.86. The van der Waals surface area contributed by atoms with E-state index in [2.05, 4.69) is 5.32 Å². The van der Waals surface area contributed by atoms with Crippen molar-refractivity contribution in [2.45, 2.75) is 45.0 Å². The fraction of sp³-hybridized carbons (Fsp3) is 0.533. The van der Waals surface area contributed by atoms with Crippen LogP contribution in [0.4, 0.5) is 18.9 Å². The van der Waals surface area contributed by atoms with Crippen molar-refractivity contribution in [3.63, 3.8) is 0 Å². The van der Waals surface area contributed by atoms with Crippen LogP contribution in [0.1, 0.15) is 32.8 Å². The van der Waals surface area contributed by atoms with Crippen molar-refractivity contribution < 1.29 is 27.8 Å². The highest BCUT2D eigenvalue weighted by Gasteiger charge is 2.51. The first-order valence-electron chi connectivity index (χ1n) is 6.89. The lowest BCUT2D eigenvalue weighted by Crippen LogP contribution is -2.39. The van der Waals surface area contributed by atoms with E-state index in [1.54, 1.807) is 13.8 Å². The van der Waals surface area contributed by atoms with Gasteiger partial charge in [0, 0.05) is 11.7 Å². The Bertz CT molecular complexity index is 498. The summed E-state index contributed by atoms with van der Waals surface area (Å²) in [6, 6.07) is 5.03. The molecule has 2 unspecified atom stereocenters. The second-order valence-corrected chi connectivity index (χ2v) is 5.20. The average molecular weight is 319 g/mol. The third kappa shape index (κ3) is 4.62. The predicted octanol–water partition coefficient (Wildman–Crippen LogP) is 3.21. The molecule has 124 valence electrons. The van der Waals surface area contributed by atoms with Crippen molar-refractivity contribution >= 4 is 11.7 Å². The zero-order valence-corrected chi connectivity index (χ0v) is 12.7. The molecule has 0 aromatic heterocycles. The van der Waals surface area contributed by atoms with E-state index in [0.717, 1.165) is 0 Å². The Kier molecular flexibility index (Phi) is 5.82. The maximum Gasteiger partial charge on any atom is 0.421 e. The van der Waals surface area contributed by atoms with Gasteiger partial charge < -0.3 is 15.2 Å². The first kappa shape index (κ1) is 18.3. The summed E-state index contributed by atoms with van der Waals surface area (Å²) < 4.78 is 43.0. The Morgan fingerprint density at radius 1 is 1.32 bits per heavy atom. The second-order valence-electron chi connectivity index (χ2n) is 5.20. The summed E-state index contributed by atoms with van der Waals surface area (Å²) in [4.78, 5) is 11.3. The lowest BCUT2D eigenvalue weighted by atomic mass is 9.95. The van der Waals surface area contributed by atoms with Crippen LogP contribution >= 0.6 is 0 Å². The molecule has 22 heavy (non-hydrogen) atoms. The van der Waals surface area contributed by atoms with Crippen molar-refractivity contribution in [1.29, 1.82) is 0 Å². The topological polar surface area (TPSA) is 58.6 Å². The molecule has 7 heteroatoms. The zero-order chi connectivity index (χ0) is 17.0. The number of carbonyl (C=O) groups is 1. The average Bonchev–Trinajstić information content (AvgIpc) is 2.37. The van der Waals surface area contributed by atoms with Gasteiger partial charge in [-0.3, -0.25) is 4.79 Å². The number of esters is 1. The fourth-order valence-electron chi connectivity index (χ4n) is 1.86. The summed E-state index contributed by atoms with van der Waals surface area (Å²) in [5.41, 5.74) is -2.59. The van der Waals surface area contributed by atoms with E-state index >= 15 is 0 Å². The van der Waals surface area contributed by atoms with E-state index in [-0.39, 0.29) is 24.0 Å². The predicted molar refractivity (Wildman–Crippen MR) is 76.4 cm³/mol. The number of hydrogen-bond acceptors (Lipinski definition) is 4. The molecule has 0 saturated carbocycles. The number of hydrogen-bond donors (Lipinski definition) is 2. The minimum atomic E-state index is -4.75. The van der Waals surface area contributed by atoms with Gasteiger partial charge >= 0.3 is 12.1 Å². The van der Waals surface area contributed by atoms with Gasteiger partial charge in [0.25, 0.3) is 0 Å². The van der Waals surface area contributed by atoms with Crippen molar-refractivity contribution in [2.75, 3.05) is 11.9 Å². The van der Waals surface area contributed by atoms with Crippen LogP contribution in [0.5, 0.6) is 0 Å². The first-order chi connectivity index (χ1) is 10.1. The van der Waals surface area contributed by atoms with Crippen LogP contribution in [0.2, 0.25) is 0 Å². The zero-order valence-electron chi connectivity index (χ0n) is 12.7. The molecule has 4 nitrogen and oxygen atoms in total. The molecule has 0 aliphatic heterocycles. The molecule has 0 amide bonds. The van der Waals surface area contributed by atoms with Crippen molar-refractivity contribution in [1.82, 2.24) is 0 Å². The molecule has 1 aromatic carbocycles. The van der Waals surface area contributed by atoms with Crippen LogP contribution in [0.25, 0.3) is 0 Å². The Labute approximate surface area is 127 Å². The molecule has 0 heterocycles. The van der Waals surface area contributed by atoms with Crippen LogP contribution in [0.15, 0.2) is 24.3 Å². The molecule has 2 N–H and O–H groups in total. The highest BCUT2D eigenvalue weighted by Crippen LogP contribution is 2.38. The number of aliphatic hydroxyl groups is 1. The van der Waals surface area contributed by atoms with Crippen molar-refractivity contribution in [3.05, 3.63) is 29.8 Å². The normalized spacial score (nSPS) is 15.8. The molecule has 0 bridgehead atoms. The van der Waals surface area contributed by atoms with E-state index < -0.39 is 11.8 Å². The van der Waals surface area contributed by atoms with Gasteiger partial charge in [0.05, 0.1) is 13.0 Å². The second kappa shape index (κ2) is 7.00. The quantitative estimate of drug-likeness (QED) is 0.791. The lowest BCUT2D eigenvalue weighted by Gasteiger charge is -2.27. The van der Waals surface area contributed by atoms with Gasteiger partial charge in [-0.05, 0) is 38.5 Å². The molecule has 1 rings (SSSR count). The molecular formula is C15H20F3NO3. The van der Waals surface area contributed by atoms with Gasteiger partial charge in [0.1, 0.15) is 0 Å². The summed E-state index contributed by atoms with van der Waals surface area (Å²) >= 11 is 0. The molecular weight excluding hydrogens is 299 g/mol. The summed E-state index contributed by atoms with van der Waals surface area (Å²) in [6.07, 6.45) is -4.60. The van der Waals surface area contributed by atoms with Gasteiger partial charge in [-0.2, -0.15) is 13.2 Å². The first-order valence-corrected chi connectivity index (χ1v) is 6.89. The molecule has 0 aliphatic carbocycles. The van der Waals surface area contributed by atoms with Gasteiger partial charge in [-0.25, -0.2) is 0 Å². The molecule has 2 atom stereocenters. The van der Waals surface area contributed by atoms with Gasteiger partial charge in [0.2, 0.25) is 0 Å². The lowest BCUT2D eigenvalue weighted by molar-refractivity contribution is -0.258. The SMILES string of the molecule is CCOC(=O)CC(C)Nc1ccc(C(C)(O)C(F)(F)F)cc1. The standard InChI is InChI=1S/C15H20F3NO3/c1-4-22-13(20)9-10(2)19-12-7-5-11(6-8-12)14(3,21)15(16,17)18/h5-8,10,19,21H,4,9H2,1-3H3. The number of anilines is 1. The Hall–Kier alpha value is -1.76. The molecule has 0 radical (unpaired) electrons. The highest BCUT2D eigenvalue weighted by molar-refractivity contribution is 5.70. The van der Waals surface area contributed by atoms with Crippen molar-refractivity contribution in [3.8, 4) is 0 Å². The number of benzene rings is 1. The molecule has 0 fully saturated rings. The number of nitrogens with one attached hydrogen (secondary N) is 1. The molecule has 1 aromatic rings. The molecule has 0 aliphatic rings. The van der Waals surface area contributed by atoms with E-state index in [0.29, 0.717) is 19.2 Å². The number of carbonyl (C=O) groups excluding carboxylic acids is 1. The summed E-state index contributed by atoms with van der Waals surface area (Å²) in [6.45, 7) is 4.48. The van der Waals surface area contributed by atoms with Crippen LogP contribution in [-0.4, -0.2) is 29.9 Å². The minimum absolute atomic E-state index is 0.149. The van der Waals surface area contributed by atoms with E-state index in [1.807, 2.05) is 0 Å². The van der Waals surface area contributed by atoms with Crippen LogP contribution in [0.3, 0.4) is 0 Å². The van der Waals surface area contributed by atoms with Gasteiger partial charge in [-0.15, -0.1) is 0 Å². The van der Waals surface area contributed by atoms with Gasteiger partial charge in [-0.1, -0.05) is 12.1 Å². The summed E-state index contributed by atoms with van der Waals surface area (Å²) in [7, 11) is 0. The third-order valence-corrected chi connectivity index (χ3v) is 3.19. The number of rotatable bonds is 6. The van der Waals surface area contributed by atoms with Crippen LogP contribution < -0.4 is 5.32 Å². The minimum Gasteiger partial charge on any atom is -0.466 e. The van der Waals surface area contributed by atoms with E-state index in [9.17, 15) is 23.1 Å². The maximum absolute atomic E-state index is 12.7. The third-order valence-electron chi connectivity index (χ3n) is 3.19. The Balaban J connectivity index is 2.72. The highest BCUT2D eigenvalue weighted by atomic mass is 19.4. The van der Waals surface area contributed by atoms with Crippen molar-refractivity contribution in [2.24, 2.45) is 0 Å². The summed E-state index contributed by atoms with van der Waals surface area (Å²) in [5, 5.41) is 12.6. The number of ether oxygens (including phenoxy) is 1. The maximum atomic E-state index is 12.7. The largest absolute Gasteiger partial charge is 0.466 e. The smallest absolute Gasteiger partial charge is 0.421 e. The number of alkyl halides is 3. The van der Waals surface area contributed by atoms with E-state index in [1.165, 1.54) is 24.3 Å². The number of halogens is 3. The Morgan fingerprint density at radius 2 is 1.86 bits per heavy atom. The van der Waals surface area contributed by atoms with Crippen LogP contribution in [-0.2, 0) is 15.1 Å². The Morgan fingerprint density at radius 3 is 2.32 bits per heavy atom. The van der Waals surface area contributed by atoms with Gasteiger partial charge in [0.15, 0.2) is 5.60 Å². The summed E-state index contributed by atoms with van der Waals surface area (Å²) in [5.74, 6) is -0.348. The van der Waals surface area contributed by atoms with E-state index in [4.69, 9.17) is 4.74 Å². The molecule has 0 saturated heterocycles.